The Balaban J connectivity index is 2.30. The first kappa shape index (κ1) is 13.4. The Hall–Kier alpha value is -1.06. The van der Waals surface area contributed by atoms with Crippen LogP contribution in [0.3, 0.4) is 0 Å². The molecule has 0 aliphatic heterocycles. The van der Waals surface area contributed by atoms with Gasteiger partial charge in [-0.25, -0.2) is 0 Å². The van der Waals surface area contributed by atoms with Gasteiger partial charge >= 0.3 is 11.9 Å². The van der Waals surface area contributed by atoms with Crippen molar-refractivity contribution in [3.63, 3.8) is 0 Å². The van der Waals surface area contributed by atoms with E-state index in [2.05, 4.69) is 13.8 Å². The number of fused-ring (bicyclic) bond motifs is 1. The van der Waals surface area contributed by atoms with Crippen LogP contribution < -0.4 is 0 Å². The highest BCUT2D eigenvalue weighted by Gasteiger charge is 2.50. The van der Waals surface area contributed by atoms with E-state index in [1.54, 1.807) is 0 Å². The Bertz CT molecular complexity index is 340. The van der Waals surface area contributed by atoms with E-state index in [1.165, 1.54) is 0 Å². The first-order chi connectivity index (χ1) is 8.43. The normalized spacial score (nSPS) is 44.1. The predicted octanol–water partition coefficient (Wildman–Crippen LogP) is 2.48. The summed E-state index contributed by atoms with van der Waals surface area (Å²) in [6.45, 7) is 4.16. The summed E-state index contributed by atoms with van der Waals surface area (Å²) in [5, 5.41) is 18.7. The molecule has 6 unspecified atom stereocenters. The highest BCUT2D eigenvalue weighted by molar-refractivity contribution is 5.73. The first-order valence-electron chi connectivity index (χ1n) is 6.89. The van der Waals surface area contributed by atoms with Crippen molar-refractivity contribution in [3.8, 4) is 0 Å². The number of hydrogen-bond donors (Lipinski definition) is 2. The lowest BCUT2D eigenvalue weighted by Crippen LogP contribution is -2.48. The molecule has 0 aromatic rings. The molecule has 0 saturated heterocycles. The summed E-state index contributed by atoms with van der Waals surface area (Å²) in [6, 6.07) is 0. The third-order valence-electron chi connectivity index (χ3n) is 5.29. The highest BCUT2D eigenvalue weighted by Crippen LogP contribution is 2.51. The zero-order valence-corrected chi connectivity index (χ0v) is 11.0. The van der Waals surface area contributed by atoms with Crippen molar-refractivity contribution >= 4 is 11.9 Å². The Morgan fingerprint density at radius 3 is 2.17 bits per heavy atom. The molecule has 4 heteroatoms. The average Bonchev–Trinajstić information content (AvgIpc) is 2.32. The molecule has 2 fully saturated rings. The third-order valence-corrected chi connectivity index (χ3v) is 5.29. The van der Waals surface area contributed by atoms with Crippen LogP contribution in [0, 0.1) is 35.5 Å². The zero-order valence-electron chi connectivity index (χ0n) is 11.0. The number of rotatable bonds is 2. The molecule has 4 nitrogen and oxygen atoms in total. The Morgan fingerprint density at radius 2 is 1.61 bits per heavy atom. The maximum Gasteiger partial charge on any atom is 0.306 e. The molecule has 18 heavy (non-hydrogen) atoms. The van der Waals surface area contributed by atoms with E-state index < -0.39 is 11.9 Å². The number of hydrogen-bond acceptors (Lipinski definition) is 2. The monoisotopic (exact) mass is 254 g/mol. The van der Waals surface area contributed by atoms with E-state index in [1.807, 2.05) is 0 Å². The fourth-order valence-electron chi connectivity index (χ4n) is 4.22. The number of carboxylic acid groups (broad SMARTS) is 2. The molecule has 0 aromatic carbocycles. The Labute approximate surface area is 107 Å². The summed E-state index contributed by atoms with van der Waals surface area (Å²) < 4.78 is 0. The third kappa shape index (κ3) is 2.13. The molecule has 2 N–H and O–H groups in total. The second-order valence-electron chi connectivity index (χ2n) is 6.13. The van der Waals surface area contributed by atoms with Crippen molar-refractivity contribution in [3.05, 3.63) is 0 Å². The molecule has 102 valence electrons. The van der Waals surface area contributed by atoms with Crippen LogP contribution in [0.25, 0.3) is 0 Å². The summed E-state index contributed by atoms with van der Waals surface area (Å²) in [5.74, 6) is -1.46. The van der Waals surface area contributed by atoms with Crippen LogP contribution in [0.15, 0.2) is 0 Å². The van der Waals surface area contributed by atoms with Crippen molar-refractivity contribution in [2.45, 2.75) is 39.5 Å². The van der Waals surface area contributed by atoms with Crippen molar-refractivity contribution in [1.29, 1.82) is 0 Å². The lowest BCUT2D eigenvalue weighted by molar-refractivity contribution is -0.159. The quantitative estimate of drug-likeness (QED) is 0.794. The molecule has 2 aliphatic rings. The molecule has 2 aliphatic carbocycles. The minimum atomic E-state index is -0.741. The second-order valence-corrected chi connectivity index (χ2v) is 6.13. The number of carboxylic acids is 2. The van der Waals surface area contributed by atoms with Crippen LogP contribution in [-0.4, -0.2) is 22.2 Å². The second kappa shape index (κ2) is 4.90. The summed E-state index contributed by atoms with van der Waals surface area (Å²) in [7, 11) is 0. The Morgan fingerprint density at radius 1 is 1.00 bits per heavy atom. The average molecular weight is 254 g/mol. The SMILES string of the molecule is CC1CC(C(=O)O)C2CCCC(C(=O)O)C2C1C. The van der Waals surface area contributed by atoms with Gasteiger partial charge in [-0.05, 0) is 42.9 Å². The van der Waals surface area contributed by atoms with Crippen molar-refractivity contribution < 1.29 is 19.8 Å². The molecule has 2 saturated carbocycles. The standard InChI is InChI=1S/C14H22O4/c1-7-6-11(14(17)18)9-4-3-5-10(13(15)16)12(9)8(7)2/h7-12H,3-6H2,1-2H3,(H,15,16)(H,17,18). The summed E-state index contributed by atoms with van der Waals surface area (Å²) in [6.07, 6.45) is 3.13. The summed E-state index contributed by atoms with van der Waals surface area (Å²) >= 11 is 0. The lowest BCUT2D eigenvalue weighted by atomic mass is 9.55. The van der Waals surface area contributed by atoms with E-state index in [0.29, 0.717) is 24.7 Å². The van der Waals surface area contributed by atoms with Gasteiger partial charge in [-0.2, -0.15) is 0 Å². The number of carbonyl (C=O) groups is 2. The molecular weight excluding hydrogens is 232 g/mol. The van der Waals surface area contributed by atoms with Crippen LogP contribution in [0.5, 0.6) is 0 Å². The van der Waals surface area contributed by atoms with E-state index >= 15 is 0 Å². The first-order valence-corrected chi connectivity index (χ1v) is 6.89. The zero-order chi connectivity index (χ0) is 13.4. The van der Waals surface area contributed by atoms with E-state index in [4.69, 9.17) is 0 Å². The van der Waals surface area contributed by atoms with Crippen molar-refractivity contribution in [2.75, 3.05) is 0 Å². The minimum absolute atomic E-state index is 0.0427. The van der Waals surface area contributed by atoms with Gasteiger partial charge in [0.1, 0.15) is 0 Å². The smallest absolute Gasteiger partial charge is 0.306 e. The fraction of sp³-hybridized carbons (Fsp3) is 0.857. The largest absolute Gasteiger partial charge is 0.481 e. The molecule has 6 atom stereocenters. The van der Waals surface area contributed by atoms with Gasteiger partial charge in [0.15, 0.2) is 0 Å². The van der Waals surface area contributed by atoms with Crippen LogP contribution in [-0.2, 0) is 9.59 Å². The van der Waals surface area contributed by atoms with E-state index in [9.17, 15) is 19.8 Å². The van der Waals surface area contributed by atoms with E-state index in [0.717, 1.165) is 12.8 Å². The molecule has 0 aromatic heterocycles. The molecule has 0 bridgehead atoms. The van der Waals surface area contributed by atoms with Gasteiger partial charge in [0.2, 0.25) is 0 Å². The van der Waals surface area contributed by atoms with Crippen LogP contribution in [0.4, 0.5) is 0 Å². The molecule has 0 heterocycles. The molecule has 0 spiro atoms. The van der Waals surface area contributed by atoms with Crippen LogP contribution in [0.1, 0.15) is 39.5 Å². The van der Waals surface area contributed by atoms with Crippen LogP contribution in [0.2, 0.25) is 0 Å². The summed E-state index contributed by atoms with van der Waals surface area (Å²) in [4.78, 5) is 22.8. The van der Waals surface area contributed by atoms with Crippen molar-refractivity contribution in [1.82, 2.24) is 0 Å². The van der Waals surface area contributed by atoms with Crippen LogP contribution >= 0.6 is 0 Å². The van der Waals surface area contributed by atoms with Gasteiger partial charge in [0.25, 0.3) is 0 Å². The maximum atomic E-state index is 11.4. The molecule has 0 radical (unpaired) electrons. The number of aliphatic carboxylic acids is 2. The van der Waals surface area contributed by atoms with Gasteiger partial charge in [0, 0.05) is 0 Å². The predicted molar refractivity (Wildman–Crippen MR) is 66.0 cm³/mol. The van der Waals surface area contributed by atoms with Crippen molar-refractivity contribution in [2.24, 2.45) is 35.5 Å². The maximum absolute atomic E-state index is 11.4. The summed E-state index contributed by atoms with van der Waals surface area (Å²) in [5.41, 5.74) is 0. The van der Waals surface area contributed by atoms with Gasteiger partial charge < -0.3 is 10.2 Å². The van der Waals surface area contributed by atoms with Gasteiger partial charge in [0.05, 0.1) is 11.8 Å². The Kier molecular flexibility index (Phi) is 3.64. The fourth-order valence-corrected chi connectivity index (χ4v) is 4.22. The highest BCUT2D eigenvalue weighted by atomic mass is 16.4. The molecule has 0 amide bonds. The van der Waals surface area contributed by atoms with Gasteiger partial charge in [-0.3, -0.25) is 9.59 Å². The minimum Gasteiger partial charge on any atom is -0.481 e. The van der Waals surface area contributed by atoms with Gasteiger partial charge in [-0.1, -0.05) is 20.3 Å². The van der Waals surface area contributed by atoms with E-state index in [-0.39, 0.29) is 23.7 Å². The molecule has 2 rings (SSSR count). The van der Waals surface area contributed by atoms with Gasteiger partial charge in [-0.15, -0.1) is 0 Å². The lowest BCUT2D eigenvalue weighted by Gasteiger charge is -2.49. The topological polar surface area (TPSA) is 74.6 Å². The molecular formula is C14H22O4.